The molecule has 0 unspecified atom stereocenters. The maximum absolute atomic E-state index is 11.4. The second kappa shape index (κ2) is 7.67. The third-order valence-corrected chi connectivity index (χ3v) is 2.78. The number of carbonyl (C=O) groups is 1. The SMILES string of the molecule is CC(C)N(C)CCOC(=O)/C=C\c1ccccc1. The Balaban J connectivity index is 2.28. The first-order chi connectivity index (χ1) is 8.59. The molecule has 0 aromatic heterocycles. The van der Waals surface area contributed by atoms with Crippen molar-refractivity contribution in [3.8, 4) is 0 Å². The lowest BCUT2D eigenvalue weighted by molar-refractivity contribution is -0.138. The lowest BCUT2D eigenvalue weighted by Crippen LogP contribution is -2.30. The summed E-state index contributed by atoms with van der Waals surface area (Å²) in [4.78, 5) is 13.6. The van der Waals surface area contributed by atoms with Crippen molar-refractivity contribution in [2.24, 2.45) is 0 Å². The van der Waals surface area contributed by atoms with Gasteiger partial charge in [0.05, 0.1) is 0 Å². The molecule has 0 spiro atoms. The van der Waals surface area contributed by atoms with Crippen LogP contribution in [0, 0.1) is 0 Å². The van der Waals surface area contributed by atoms with Crippen LogP contribution in [0.5, 0.6) is 0 Å². The molecule has 0 saturated heterocycles. The summed E-state index contributed by atoms with van der Waals surface area (Å²) in [5, 5.41) is 0. The third kappa shape index (κ3) is 5.64. The van der Waals surface area contributed by atoms with E-state index in [1.165, 1.54) is 6.08 Å². The fourth-order valence-corrected chi connectivity index (χ4v) is 1.32. The monoisotopic (exact) mass is 247 g/mol. The first-order valence-corrected chi connectivity index (χ1v) is 6.19. The Bertz CT molecular complexity index is 385. The van der Waals surface area contributed by atoms with Gasteiger partial charge in [-0.2, -0.15) is 0 Å². The molecule has 3 nitrogen and oxygen atoms in total. The van der Waals surface area contributed by atoms with Crippen molar-refractivity contribution in [3.05, 3.63) is 42.0 Å². The number of esters is 1. The van der Waals surface area contributed by atoms with Gasteiger partial charge in [0.25, 0.3) is 0 Å². The zero-order valence-corrected chi connectivity index (χ0v) is 11.3. The molecule has 0 radical (unpaired) electrons. The van der Waals surface area contributed by atoms with E-state index in [9.17, 15) is 4.79 Å². The van der Waals surface area contributed by atoms with Crippen LogP contribution in [0.25, 0.3) is 6.08 Å². The molecule has 0 bridgehead atoms. The summed E-state index contributed by atoms with van der Waals surface area (Å²) in [7, 11) is 2.01. The number of carbonyl (C=O) groups excluding carboxylic acids is 1. The van der Waals surface area contributed by atoms with Gasteiger partial charge in [-0.3, -0.25) is 0 Å². The minimum absolute atomic E-state index is 0.295. The number of hydrogen-bond acceptors (Lipinski definition) is 3. The minimum atomic E-state index is -0.295. The van der Waals surface area contributed by atoms with Gasteiger partial charge in [0, 0.05) is 18.7 Å². The second-order valence-corrected chi connectivity index (χ2v) is 4.49. The number of rotatable bonds is 6. The zero-order chi connectivity index (χ0) is 13.4. The average molecular weight is 247 g/mol. The van der Waals surface area contributed by atoms with E-state index in [-0.39, 0.29) is 5.97 Å². The number of benzene rings is 1. The summed E-state index contributed by atoms with van der Waals surface area (Å²) in [6.07, 6.45) is 3.22. The molecule has 0 aliphatic rings. The molecule has 1 aromatic carbocycles. The van der Waals surface area contributed by atoms with Gasteiger partial charge < -0.3 is 9.64 Å². The van der Waals surface area contributed by atoms with Crippen LogP contribution in [0.2, 0.25) is 0 Å². The highest BCUT2D eigenvalue weighted by molar-refractivity contribution is 5.86. The van der Waals surface area contributed by atoms with E-state index in [1.54, 1.807) is 6.08 Å². The van der Waals surface area contributed by atoms with Gasteiger partial charge in [0.1, 0.15) is 6.61 Å². The maximum atomic E-state index is 11.4. The minimum Gasteiger partial charge on any atom is -0.461 e. The maximum Gasteiger partial charge on any atom is 0.330 e. The number of likely N-dealkylation sites (N-methyl/N-ethyl adjacent to an activating group) is 1. The molecule has 0 N–H and O–H groups in total. The van der Waals surface area contributed by atoms with Gasteiger partial charge in [-0.15, -0.1) is 0 Å². The lowest BCUT2D eigenvalue weighted by atomic mass is 10.2. The molecule has 98 valence electrons. The highest BCUT2D eigenvalue weighted by Crippen LogP contribution is 2.01. The van der Waals surface area contributed by atoms with E-state index < -0.39 is 0 Å². The van der Waals surface area contributed by atoms with Crippen LogP contribution >= 0.6 is 0 Å². The molecule has 3 heteroatoms. The molecule has 0 atom stereocenters. The smallest absolute Gasteiger partial charge is 0.330 e. The number of ether oxygens (including phenoxy) is 1. The summed E-state index contributed by atoms with van der Waals surface area (Å²) in [6.45, 7) is 5.39. The lowest BCUT2D eigenvalue weighted by Gasteiger charge is -2.20. The molecule has 1 aromatic rings. The summed E-state index contributed by atoms with van der Waals surface area (Å²) in [5.41, 5.74) is 0.994. The molecule has 18 heavy (non-hydrogen) atoms. The number of nitrogens with zero attached hydrogens (tertiary/aromatic N) is 1. The van der Waals surface area contributed by atoms with Crippen LogP contribution in [-0.2, 0) is 9.53 Å². The molecule has 0 heterocycles. The van der Waals surface area contributed by atoms with Crippen molar-refractivity contribution in [2.75, 3.05) is 20.2 Å². The van der Waals surface area contributed by atoms with E-state index in [1.807, 2.05) is 37.4 Å². The van der Waals surface area contributed by atoms with Gasteiger partial charge >= 0.3 is 5.97 Å². The van der Waals surface area contributed by atoms with Gasteiger partial charge in [-0.25, -0.2) is 4.79 Å². The topological polar surface area (TPSA) is 29.5 Å². The molecule has 0 fully saturated rings. The van der Waals surface area contributed by atoms with Crippen molar-refractivity contribution >= 4 is 12.0 Å². The Kier molecular flexibility index (Phi) is 6.15. The Morgan fingerprint density at radius 3 is 2.61 bits per heavy atom. The van der Waals surface area contributed by atoms with Gasteiger partial charge in [-0.05, 0) is 32.5 Å². The Morgan fingerprint density at radius 1 is 1.33 bits per heavy atom. The van der Waals surface area contributed by atoms with Crippen molar-refractivity contribution < 1.29 is 9.53 Å². The predicted molar refractivity (Wildman–Crippen MR) is 74.2 cm³/mol. The van der Waals surface area contributed by atoms with Gasteiger partial charge in [0.2, 0.25) is 0 Å². The molecule has 0 aliphatic heterocycles. The summed E-state index contributed by atoms with van der Waals surface area (Å²) in [6, 6.07) is 10.2. The van der Waals surface area contributed by atoms with Crippen molar-refractivity contribution in [1.29, 1.82) is 0 Å². The van der Waals surface area contributed by atoms with Crippen LogP contribution in [0.3, 0.4) is 0 Å². The van der Waals surface area contributed by atoms with E-state index >= 15 is 0 Å². The van der Waals surface area contributed by atoms with E-state index in [2.05, 4.69) is 18.7 Å². The van der Waals surface area contributed by atoms with Gasteiger partial charge in [-0.1, -0.05) is 30.3 Å². The number of hydrogen-bond donors (Lipinski definition) is 0. The van der Waals surface area contributed by atoms with Crippen molar-refractivity contribution in [3.63, 3.8) is 0 Å². The van der Waals surface area contributed by atoms with Crippen LogP contribution in [-0.4, -0.2) is 37.1 Å². The van der Waals surface area contributed by atoms with E-state index in [0.29, 0.717) is 12.6 Å². The van der Waals surface area contributed by atoms with E-state index in [0.717, 1.165) is 12.1 Å². The second-order valence-electron chi connectivity index (χ2n) is 4.49. The quantitative estimate of drug-likeness (QED) is 0.571. The fraction of sp³-hybridized carbons (Fsp3) is 0.400. The standard InChI is InChI=1S/C15H21NO2/c1-13(2)16(3)11-12-18-15(17)10-9-14-7-5-4-6-8-14/h4-10,13H,11-12H2,1-3H3/b10-9-. The van der Waals surface area contributed by atoms with Crippen LogP contribution < -0.4 is 0 Å². The fourth-order valence-electron chi connectivity index (χ4n) is 1.32. The summed E-state index contributed by atoms with van der Waals surface area (Å²) in [5.74, 6) is -0.295. The molecule has 0 aliphatic carbocycles. The van der Waals surface area contributed by atoms with Crippen LogP contribution in [0.1, 0.15) is 19.4 Å². The third-order valence-electron chi connectivity index (χ3n) is 2.78. The zero-order valence-electron chi connectivity index (χ0n) is 11.3. The van der Waals surface area contributed by atoms with Crippen LogP contribution in [0.15, 0.2) is 36.4 Å². The first-order valence-electron chi connectivity index (χ1n) is 6.19. The molecule has 1 rings (SSSR count). The first kappa shape index (κ1) is 14.5. The highest BCUT2D eigenvalue weighted by Gasteiger charge is 2.03. The molecule has 0 saturated carbocycles. The predicted octanol–water partition coefficient (Wildman–Crippen LogP) is 2.58. The van der Waals surface area contributed by atoms with Crippen molar-refractivity contribution in [2.45, 2.75) is 19.9 Å². The van der Waals surface area contributed by atoms with Crippen LogP contribution in [0.4, 0.5) is 0 Å². The molecular weight excluding hydrogens is 226 g/mol. The highest BCUT2D eigenvalue weighted by atomic mass is 16.5. The summed E-state index contributed by atoms with van der Waals surface area (Å²) >= 11 is 0. The Labute approximate surface area is 109 Å². The largest absolute Gasteiger partial charge is 0.461 e. The molecular formula is C15H21NO2. The van der Waals surface area contributed by atoms with Gasteiger partial charge in [0.15, 0.2) is 0 Å². The van der Waals surface area contributed by atoms with E-state index in [4.69, 9.17) is 4.74 Å². The normalized spacial score (nSPS) is 11.4. The summed E-state index contributed by atoms with van der Waals surface area (Å²) < 4.78 is 5.12. The molecule has 0 amide bonds. The average Bonchev–Trinajstić information content (AvgIpc) is 2.37. The van der Waals surface area contributed by atoms with Crippen molar-refractivity contribution in [1.82, 2.24) is 4.90 Å². The Hall–Kier alpha value is -1.61. The Morgan fingerprint density at radius 2 is 2.00 bits per heavy atom.